The van der Waals surface area contributed by atoms with E-state index >= 15 is 0 Å². The van der Waals surface area contributed by atoms with E-state index in [1.54, 1.807) is 23.8 Å². The van der Waals surface area contributed by atoms with Gasteiger partial charge in [0.05, 0.1) is 0 Å². The van der Waals surface area contributed by atoms with Crippen molar-refractivity contribution in [3.63, 3.8) is 0 Å². The molecule has 7 nitrogen and oxygen atoms in total. The first-order valence-corrected chi connectivity index (χ1v) is 11.8. The second-order valence-electron chi connectivity index (χ2n) is 8.79. The highest BCUT2D eigenvalue weighted by molar-refractivity contribution is 8.01. The summed E-state index contributed by atoms with van der Waals surface area (Å²) in [7, 11) is 1.62. The fraction of sp³-hybridized carbons (Fsp3) is 0.609. The summed E-state index contributed by atoms with van der Waals surface area (Å²) in [6.45, 7) is 8.97. The number of carbonyl (C=O) groups is 3. The number of amides is 3. The van der Waals surface area contributed by atoms with Crippen LogP contribution in [0.3, 0.4) is 0 Å². The Balaban J connectivity index is 1.78. The van der Waals surface area contributed by atoms with Crippen molar-refractivity contribution in [1.82, 2.24) is 15.5 Å². The Kier molecular flexibility index (Phi) is 7.31. The maximum absolute atomic E-state index is 13.5. The average molecular weight is 448 g/mol. The molecule has 2 heterocycles. The van der Waals surface area contributed by atoms with Crippen molar-refractivity contribution in [2.24, 2.45) is 5.92 Å². The van der Waals surface area contributed by atoms with Crippen LogP contribution in [0, 0.1) is 5.92 Å². The van der Waals surface area contributed by atoms with E-state index in [9.17, 15) is 14.4 Å². The average Bonchev–Trinajstić information content (AvgIpc) is 3.18. The quantitative estimate of drug-likeness (QED) is 0.569. The monoisotopic (exact) mass is 447 g/mol. The Hall–Kier alpha value is -2.06. The van der Waals surface area contributed by atoms with E-state index < -0.39 is 16.8 Å². The summed E-state index contributed by atoms with van der Waals surface area (Å²) in [5, 5.41) is 5.69. The number of benzene rings is 1. The predicted octanol–water partition coefficient (Wildman–Crippen LogP) is 2.72. The van der Waals surface area contributed by atoms with Crippen molar-refractivity contribution in [1.29, 1.82) is 0 Å². The molecule has 0 aromatic heterocycles. The zero-order valence-electron chi connectivity index (χ0n) is 18.9. The molecule has 3 amide bonds. The first-order valence-electron chi connectivity index (χ1n) is 10.9. The van der Waals surface area contributed by atoms with Crippen LogP contribution in [0.4, 0.5) is 0 Å². The van der Waals surface area contributed by atoms with E-state index in [1.165, 1.54) is 0 Å². The van der Waals surface area contributed by atoms with E-state index in [-0.39, 0.29) is 29.0 Å². The van der Waals surface area contributed by atoms with Crippen molar-refractivity contribution >= 4 is 29.5 Å². The molecule has 1 saturated heterocycles. The Morgan fingerprint density at radius 2 is 2.00 bits per heavy atom. The molecule has 0 bridgehead atoms. The van der Waals surface area contributed by atoms with Gasteiger partial charge in [-0.1, -0.05) is 38.5 Å². The van der Waals surface area contributed by atoms with E-state index in [1.807, 2.05) is 52.0 Å². The standard InChI is InChI=1S/C23H33N3O4S/c1-6-14(2)17(19(27)24-12-9-13-30-5)25-20(28)18-23(3,4)31-22-16-11-8-7-10-15(16)21(29)26(18)22/h7-8,10-11,14,17-18,22H,6,9,12-13H2,1-5H3,(H,24,27)(H,25,28)/t14-,17-,18+,22+/m0/s1. The number of methoxy groups -OCH3 is 1. The Bertz CT molecular complexity index is 844. The summed E-state index contributed by atoms with van der Waals surface area (Å²) < 4.78 is 4.54. The number of hydrogen-bond donors (Lipinski definition) is 2. The number of carbonyl (C=O) groups excluding carboxylic acids is 3. The van der Waals surface area contributed by atoms with Crippen LogP contribution < -0.4 is 10.6 Å². The maximum atomic E-state index is 13.5. The van der Waals surface area contributed by atoms with Crippen molar-refractivity contribution in [2.45, 2.75) is 62.7 Å². The molecule has 4 atom stereocenters. The van der Waals surface area contributed by atoms with Crippen LogP contribution in [0.25, 0.3) is 0 Å². The van der Waals surface area contributed by atoms with Gasteiger partial charge in [-0.25, -0.2) is 0 Å². The first kappa shape index (κ1) is 23.6. The second-order valence-corrected chi connectivity index (χ2v) is 10.5. The molecule has 0 aliphatic carbocycles. The third kappa shape index (κ3) is 4.60. The summed E-state index contributed by atoms with van der Waals surface area (Å²) in [6, 6.07) is 6.22. The van der Waals surface area contributed by atoms with Gasteiger partial charge < -0.3 is 20.3 Å². The number of rotatable bonds is 9. The summed E-state index contributed by atoms with van der Waals surface area (Å²) in [5.74, 6) is -0.637. The SMILES string of the molecule is CC[C@H](C)[C@H](NC(=O)[C@H]1N2C(=O)c3ccccc3[C@H]2SC1(C)C)C(=O)NCCCOC. The van der Waals surface area contributed by atoms with Gasteiger partial charge >= 0.3 is 0 Å². The molecule has 31 heavy (non-hydrogen) atoms. The third-order valence-electron chi connectivity index (χ3n) is 6.16. The molecule has 1 aromatic carbocycles. The topological polar surface area (TPSA) is 87.7 Å². The lowest BCUT2D eigenvalue weighted by molar-refractivity contribution is -0.133. The normalized spacial score (nSPS) is 23.1. The van der Waals surface area contributed by atoms with Gasteiger partial charge in [-0.2, -0.15) is 0 Å². The fourth-order valence-electron chi connectivity index (χ4n) is 4.28. The van der Waals surface area contributed by atoms with Gasteiger partial charge in [0.15, 0.2) is 0 Å². The van der Waals surface area contributed by atoms with Gasteiger partial charge in [0.2, 0.25) is 11.8 Å². The molecular formula is C23H33N3O4S. The molecular weight excluding hydrogens is 414 g/mol. The first-order chi connectivity index (χ1) is 14.7. The van der Waals surface area contributed by atoms with Crippen LogP contribution in [-0.2, 0) is 14.3 Å². The summed E-state index contributed by atoms with van der Waals surface area (Å²) in [4.78, 5) is 41.2. The van der Waals surface area contributed by atoms with Gasteiger partial charge in [0, 0.05) is 30.6 Å². The minimum Gasteiger partial charge on any atom is -0.385 e. The van der Waals surface area contributed by atoms with Crippen LogP contribution in [0.15, 0.2) is 24.3 Å². The van der Waals surface area contributed by atoms with E-state index in [0.717, 1.165) is 12.0 Å². The Labute approximate surface area is 188 Å². The summed E-state index contributed by atoms with van der Waals surface area (Å²) >= 11 is 1.62. The number of nitrogens with zero attached hydrogens (tertiary/aromatic N) is 1. The lowest BCUT2D eigenvalue weighted by atomic mass is 9.95. The molecule has 0 radical (unpaired) electrons. The van der Waals surface area contributed by atoms with Gasteiger partial charge in [-0.3, -0.25) is 14.4 Å². The lowest BCUT2D eigenvalue weighted by Gasteiger charge is -2.32. The molecule has 8 heteroatoms. The highest BCUT2D eigenvalue weighted by Gasteiger charge is 2.57. The molecule has 1 fully saturated rings. The van der Waals surface area contributed by atoms with Crippen LogP contribution >= 0.6 is 11.8 Å². The maximum Gasteiger partial charge on any atom is 0.256 e. The van der Waals surface area contributed by atoms with Crippen molar-refractivity contribution in [2.75, 3.05) is 20.3 Å². The van der Waals surface area contributed by atoms with Gasteiger partial charge in [0.25, 0.3) is 5.91 Å². The molecule has 2 aliphatic heterocycles. The number of nitrogens with one attached hydrogen (secondary N) is 2. The van der Waals surface area contributed by atoms with E-state index in [4.69, 9.17) is 4.74 Å². The summed E-state index contributed by atoms with van der Waals surface area (Å²) in [5.41, 5.74) is 1.61. The molecule has 170 valence electrons. The van der Waals surface area contributed by atoms with Crippen LogP contribution in [0.2, 0.25) is 0 Å². The Morgan fingerprint density at radius 1 is 1.29 bits per heavy atom. The molecule has 3 rings (SSSR count). The van der Waals surface area contributed by atoms with Crippen LogP contribution in [0.1, 0.15) is 61.8 Å². The van der Waals surface area contributed by atoms with Crippen LogP contribution in [0.5, 0.6) is 0 Å². The second kappa shape index (κ2) is 9.61. The van der Waals surface area contributed by atoms with Crippen molar-refractivity contribution < 1.29 is 19.1 Å². The minimum absolute atomic E-state index is 0.0363. The fourth-order valence-corrected chi connectivity index (χ4v) is 5.87. The zero-order valence-corrected chi connectivity index (χ0v) is 19.8. The molecule has 0 spiro atoms. The molecule has 2 aliphatic rings. The van der Waals surface area contributed by atoms with E-state index in [2.05, 4.69) is 10.6 Å². The predicted molar refractivity (Wildman–Crippen MR) is 122 cm³/mol. The smallest absolute Gasteiger partial charge is 0.256 e. The molecule has 1 aromatic rings. The number of hydrogen-bond acceptors (Lipinski definition) is 5. The number of thioether (sulfide) groups is 1. The van der Waals surface area contributed by atoms with Gasteiger partial charge in [-0.15, -0.1) is 11.8 Å². The van der Waals surface area contributed by atoms with E-state index in [0.29, 0.717) is 25.1 Å². The minimum atomic E-state index is -0.657. The van der Waals surface area contributed by atoms with Gasteiger partial charge in [-0.05, 0) is 37.8 Å². The highest BCUT2D eigenvalue weighted by atomic mass is 32.2. The number of ether oxygens (including phenoxy) is 1. The van der Waals surface area contributed by atoms with Crippen LogP contribution in [-0.4, -0.2) is 59.7 Å². The van der Waals surface area contributed by atoms with Crippen molar-refractivity contribution in [3.8, 4) is 0 Å². The third-order valence-corrected chi connectivity index (χ3v) is 7.70. The van der Waals surface area contributed by atoms with Crippen molar-refractivity contribution in [3.05, 3.63) is 35.4 Å². The lowest BCUT2D eigenvalue weighted by Crippen LogP contribution is -2.58. The number of fused-ring (bicyclic) bond motifs is 3. The highest BCUT2D eigenvalue weighted by Crippen LogP contribution is 2.56. The zero-order chi connectivity index (χ0) is 22.8. The summed E-state index contributed by atoms with van der Waals surface area (Å²) in [6.07, 6.45) is 1.45. The molecule has 0 unspecified atom stereocenters. The van der Waals surface area contributed by atoms with Gasteiger partial charge in [0.1, 0.15) is 17.5 Å². The largest absolute Gasteiger partial charge is 0.385 e. The molecule has 0 saturated carbocycles. The Morgan fingerprint density at radius 3 is 2.68 bits per heavy atom. The molecule has 2 N–H and O–H groups in total.